The molecule has 14 heavy (non-hydrogen) atoms. The summed E-state index contributed by atoms with van der Waals surface area (Å²) in [5, 5.41) is 3.66. The Hall–Kier alpha value is -0.820. The van der Waals surface area contributed by atoms with E-state index >= 15 is 0 Å². The van der Waals surface area contributed by atoms with Crippen molar-refractivity contribution in [1.82, 2.24) is 5.32 Å². The predicted octanol–water partition coefficient (Wildman–Crippen LogP) is 2.76. The van der Waals surface area contributed by atoms with E-state index in [1.54, 1.807) is 0 Å². The average molecular weight is 189 g/mol. The topological polar surface area (TPSA) is 12.0 Å². The molecule has 1 nitrogen and oxygen atoms in total. The van der Waals surface area contributed by atoms with Crippen LogP contribution < -0.4 is 5.32 Å². The van der Waals surface area contributed by atoms with E-state index in [1.807, 2.05) is 0 Å². The van der Waals surface area contributed by atoms with Crippen molar-refractivity contribution in [3.8, 4) is 0 Å². The number of rotatable bonds is 4. The second kappa shape index (κ2) is 4.61. The maximum Gasteiger partial charge on any atom is 0.00817 e. The summed E-state index contributed by atoms with van der Waals surface area (Å²) in [5.41, 5.74) is 1.44. The summed E-state index contributed by atoms with van der Waals surface area (Å²) in [6, 6.07) is 12.1. The Kier molecular flexibility index (Phi) is 3.20. The number of benzene rings is 1. The summed E-state index contributed by atoms with van der Waals surface area (Å²) < 4.78 is 0. The van der Waals surface area contributed by atoms with Crippen LogP contribution in [0.3, 0.4) is 0 Å². The zero-order valence-corrected chi connectivity index (χ0v) is 8.87. The van der Waals surface area contributed by atoms with Gasteiger partial charge in [0.1, 0.15) is 0 Å². The van der Waals surface area contributed by atoms with Gasteiger partial charge in [-0.2, -0.15) is 0 Å². The molecule has 0 radical (unpaired) electrons. The van der Waals surface area contributed by atoms with Crippen LogP contribution >= 0.6 is 0 Å². The van der Waals surface area contributed by atoms with Crippen molar-refractivity contribution in [3.63, 3.8) is 0 Å². The molecule has 0 bridgehead atoms. The molecule has 76 valence electrons. The van der Waals surface area contributed by atoms with Crippen molar-refractivity contribution in [2.75, 3.05) is 0 Å². The van der Waals surface area contributed by atoms with Gasteiger partial charge in [0.25, 0.3) is 0 Å². The Morgan fingerprint density at radius 3 is 2.57 bits per heavy atom. The first-order chi connectivity index (χ1) is 6.84. The highest BCUT2D eigenvalue weighted by atomic mass is 15.0. The minimum absolute atomic E-state index is 0.614. The normalized spacial score (nSPS) is 18.9. The largest absolute Gasteiger partial charge is 0.311 e. The molecule has 0 spiro atoms. The van der Waals surface area contributed by atoms with Crippen LogP contribution in [0, 0.1) is 0 Å². The van der Waals surface area contributed by atoms with Gasteiger partial charge >= 0.3 is 0 Å². The van der Waals surface area contributed by atoms with Crippen LogP contribution in [-0.2, 0) is 6.42 Å². The van der Waals surface area contributed by atoms with E-state index in [-0.39, 0.29) is 0 Å². The van der Waals surface area contributed by atoms with Crippen LogP contribution in [0.1, 0.15) is 31.7 Å². The predicted molar refractivity (Wildman–Crippen MR) is 60.4 cm³/mol. The van der Waals surface area contributed by atoms with E-state index < -0.39 is 0 Å². The molecule has 1 heteroatoms. The lowest BCUT2D eigenvalue weighted by molar-refractivity contribution is 0.310. The fraction of sp³-hybridized carbons (Fsp3) is 0.538. The van der Waals surface area contributed by atoms with Gasteiger partial charge in [0.15, 0.2) is 0 Å². The highest BCUT2D eigenvalue weighted by Crippen LogP contribution is 2.19. The van der Waals surface area contributed by atoms with Crippen molar-refractivity contribution in [2.45, 2.75) is 44.7 Å². The van der Waals surface area contributed by atoms with Gasteiger partial charge in [0.2, 0.25) is 0 Å². The van der Waals surface area contributed by atoms with Crippen LogP contribution in [-0.4, -0.2) is 12.1 Å². The van der Waals surface area contributed by atoms with Crippen LogP contribution in [0.5, 0.6) is 0 Å². The standard InChI is InChI=1S/C13H19N/c1-11(14-13-8-5-9-13)10-12-6-3-2-4-7-12/h2-4,6-7,11,13-14H,5,8-10H2,1H3/t11-/m0/s1. The third-order valence-electron chi connectivity index (χ3n) is 3.01. The third-order valence-corrected chi connectivity index (χ3v) is 3.01. The molecule has 1 saturated carbocycles. The molecular formula is C13H19N. The molecule has 1 aliphatic rings. The van der Waals surface area contributed by atoms with Gasteiger partial charge in [-0.3, -0.25) is 0 Å². The van der Waals surface area contributed by atoms with E-state index in [4.69, 9.17) is 0 Å². The van der Waals surface area contributed by atoms with Gasteiger partial charge in [-0.05, 0) is 31.7 Å². The van der Waals surface area contributed by atoms with Gasteiger partial charge in [-0.25, -0.2) is 0 Å². The first-order valence-electron chi connectivity index (χ1n) is 5.64. The summed E-state index contributed by atoms with van der Waals surface area (Å²) in [4.78, 5) is 0. The van der Waals surface area contributed by atoms with Crippen molar-refractivity contribution >= 4 is 0 Å². The molecule has 1 N–H and O–H groups in total. The molecule has 0 aromatic heterocycles. The minimum Gasteiger partial charge on any atom is -0.311 e. The lowest BCUT2D eigenvalue weighted by atomic mass is 9.92. The summed E-state index contributed by atoms with van der Waals surface area (Å²) in [6.07, 6.45) is 5.31. The van der Waals surface area contributed by atoms with Crippen LogP contribution in [0.2, 0.25) is 0 Å². The molecular weight excluding hydrogens is 170 g/mol. The molecule has 0 aliphatic heterocycles. The van der Waals surface area contributed by atoms with Crippen molar-refractivity contribution < 1.29 is 0 Å². The maximum absolute atomic E-state index is 3.66. The molecule has 0 saturated heterocycles. The summed E-state index contributed by atoms with van der Waals surface area (Å²) in [5.74, 6) is 0. The van der Waals surface area contributed by atoms with E-state index in [1.165, 1.54) is 24.8 Å². The average Bonchev–Trinajstić information content (AvgIpc) is 2.13. The smallest absolute Gasteiger partial charge is 0.00817 e. The Morgan fingerprint density at radius 2 is 2.00 bits per heavy atom. The molecule has 1 fully saturated rings. The minimum atomic E-state index is 0.614. The first-order valence-corrected chi connectivity index (χ1v) is 5.64. The second-order valence-corrected chi connectivity index (χ2v) is 4.39. The van der Waals surface area contributed by atoms with E-state index in [0.29, 0.717) is 6.04 Å². The fourth-order valence-electron chi connectivity index (χ4n) is 2.00. The number of nitrogens with one attached hydrogen (secondary N) is 1. The van der Waals surface area contributed by atoms with Crippen molar-refractivity contribution in [3.05, 3.63) is 35.9 Å². The van der Waals surface area contributed by atoms with Crippen molar-refractivity contribution in [2.24, 2.45) is 0 Å². The fourth-order valence-corrected chi connectivity index (χ4v) is 2.00. The summed E-state index contributed by atoms with van der Waals surface area (Å²) >= 11 is 0. The van der Waals surface area contributed by atoms with E-state index in [2.05, 4.69) is 42.6 Å². The molecule has 1 atom stereocenters. The lowest BCUT2D eigenvalue weighted by Crippen LogP contribution is -2.41. The monoisotopic (exact) mass is 189 g/mol. The van der Waals surface area contributed by atoms with Crippen LogP contribution in [0.15, 0.2) is 30.3 Å². The summed E-state index contributed by atoms with van der Waals surface area (Å²) in [6.45, 7) is 2.28. The molecule has 2 rings (SSSR count). The molecule has 1 aliphatic carbocycles. The SMILES string of the molecule is C[C@@H](Cc1ccccc1)NC1CCC1. The Labute approximate surface area is 86.5 Å². The van der Waals surface area contributed by atoms with Gasteiger partial charge in [0.05, 0.1) is 0 Å². The molecule has 0 amide bonds. The molecule has 1 aromatic carbocycles. The number of hydrogen-bond acceptors (Lipinski definition) is 1. The highest BCUT2D eigenvalue weighted by molar-refractivity contribution is 5.15. The van der Waals surface area contributed by atoms with E-state index in [9.17, 15) is 0 Å². The van der Waals surface area contributed by atoms with Crippen LogP contribution in [0.25, 0.3) is 0 Å². The Morgan fingerprint density at radius 1 is 1.29 bits per heavy atom. The Balaban J connectivity index is 1.79. The van der Waals surface area contributed by atoms with Gasteiger partial charge < -0.3 is 5.32 Å². The zero-order chi connectivity index (χ0) is 9.80. The highest BCUT2D eigenvalue weighted by Gasteiger charge is 2.18. The van der Waals surface area contributed by atoms with Crippen molar-refractivity contribution in [1.29, 1.82) is 0 Å². The first kappa shape index (κ1) is 9.72. The van der Waals surface area contributed by atoms with Gasteiger partial charge in [0, 0.05) is 12.1 Å². The maximum atomic E-state index is 3.66. The molecule has 0 heterocycles. The van der Waals surface area contributed by atoms with Gasteiger partial charge in [-0.15, -0.1) is 0 Å². The van der Waals surface area contributed by atoms with E-state index in [0.717, 1.165) is 12.5 Å². The molecule has 0 unspecified atom stereocenters. The lowest BCUT2D eigenvalue weighted by Gasteiger charge is -2.30. The van der Waals surface area contributed by atoms with Gasteiger partial charge in [-0.1, -0.05) is 36.8 Å². The van der Waals surface area contributed by atoms with Crippen LogP contribution in [0.4, 0.5) is 0 Å². The summed E-state index contributed by atoms with van der Waals surface area (Å²) in [7, 11) is 0. The quantitative estimate of drug-likeness (QED) is 0.768. The number of hydrogen-bond donors (Lipinski definition) is 1. The zero-order valence-electron chi connectivity index (χ0n) is 8.87. The second-order valence-electron chi connectivity index (χ2n) is 4.39. The molecule has 1 aromatic rings. The third kappa shape index (κ3) is 2.58. The Bertz CT molecular complexity index is 264.